The molecule has 0 saturated heterocycles. The van der Waals surface area contributed by atoms with Crippen LogP contribution in [0.2, 0.25) is 10.0 Å². The Morgan fingerprint density at radius 2 is 1.93 bits per heavy atom. The lowest BCUT2D eigenvalue weighted by molar-refractivity contribution is -0.123. The van der Waals surface area contributed by atoms with E-state index < -0.39 is 0 Å². The molecule has 0 spiro atoms. The van der Waals surface area contributed by atoms with Crippen LogP contribution in [0.1, 0.15) is 37.5 Å². The monoisotopic (exact) mass is 444 g/mol. The van der Waals surface area contributed by atoms with Gasteiger partial charge >= 0.3 is 0 Å². The van der Waals surface area contributed by atoms with Gasteiger partial charge in [0, 0.05) is 10.6 Å². The minimum absolute atomic E-state index is 0.137. The second kappa shape index (κ2) is 10.3. The van der Waals surface area contributed by atoms with Crippen LogP contribution in [-0.4, -0.2) is 18.7 Å². The second-order valence-corrected chi connectivity index (χ2v) is 7.63. The Balaban J connectivity index is 1.50. The van der Waals surface area contributed by atoms with E-state index in [1.54, 1.807) is 30.3 Å². The minimum atomic E-state index is -0.373. The van der Waals surface area contributed by atoms with Crippen LogP contribution >= 0.6 is 23.2 Å². The highest BCUT2D eigenvalue weighted by Gasteiger charge is 2.09. The topological polar surface area (TPSA) is 63.8 Å². The Kier molecular flexibility index (Phi) is 7.55. The number of ether oxygens (including phenoxy) is 1. The van der Waals surface area contributed by atoms with E-state index in [-0.39, 0.29) is 12.5 Å². The molecule has 1 heterocycles. The molecule has 1 amide bonds. The molecular weight excluding hydrogens is 423 g/mol. The Hall–Kier alpha value is -2.76. The summed E-state index contributed by atoms with van der Waals surface area (Å²) in [6, 6.07) is 16.4. The van der Waals surface area contributed by atoms with Gasteiger partial charge in [-0.15, -0.1) is 0 Å². The minimum Gasteiger partial charge on any atom is -0.484 e. The van der Waals surface area contributed by atoms with Gasteiger partial charge in [0.25, 0.3) is 5.91 Å². The number of carbonyl (C=O) groups excluding carboxylic acids is 1. The van der Waals surface area contributed by atoms with Gasteiger partial charge in [-0.25, -0.2) is 5.43 Å². The number of amides is 1. The highest BCUT2D eigenvalue weighted by Crippen LogP contribution is 2.31. The molecule has 0 aliphatic heterocycles. The number of hydrogen-bond acceptors (Lipinski definition) is 4. The summed E-state index contributed by atoms with van der Waals surface area (Å²) in [5, 5.41) is 4.98. The molecule has 3 aromatic rings. The molecule has 2 aromatic carbocycles. The van der Waals surface area contributed by atoms with Crippen molar-refractivity contribution in [2.24, 2.45) is 5.10 Å². The highest BCUT2D eigenvalue weighted by molar-refractivity contribution is 6.35. The predicted molar refractivity (Wildman–Crippen MR) is 121 cm³/mol. The summed E-state index contributed by atoms with van der Waals surface area (Å²) in [5.41, 5.74) is 4.34. The van der Waals surface area contributed by atoms with Crippen molar-refractivity contribution in [3.05, 3.63) is 76.0 Å². The van der Waals surface area contributed by atoms with Gasteiger partial charge in [-0.1, -0.05) is 49.2 Å². The van der Waals surface area contributed by atoms with Gasteiger partial charge in [-0.2, -0.15) is 5.10 Å². The average Bonchev–Trinajstić information content (AvgIpc) is 3.22. The molecule has 1 atom stereocenters. The largest absolute Gasteiger partial charge is 0.484 e. The molecule has 0 fully saturated rings. The first-order chi connectivity index (χ1) is 14.5. The van der Waals surface area contributed by atoms with Crippen molar-refractivity contribution < 1.29 is 13.9 Å². The molecule has 7 heteroatoms. The van der Waals surface area contributed by atoms with E-state index in [1.165, 1.54) is 11.8 Å². The van der Waals surface area contributed by atoms with Gasteiger partial charge in [0.1, 0.15) is 17.3 Å². The van der Waals surface area contributed by atoms with Crippen LogP contribution in [0.25, 0.3) is 11.3 Å². The number of rotatable bonds is 8. The van der Waals surface area contributed by atoms with Crippen LogP contribution in [0.4, 0.5) is 0 Å². The van der Waals surface area contributed by atoms with Crippen LogP contribution in [0.15, 0.2) is 64.1 Å². The summed E-state index contributed by atoms with van der Waals surface area (Å²) in [6.45, 7) is 4.18. The molecule has 3 rings (SSSR count). The number of furan rings is 1. The SMILES string of the molecule is CCC(C)c1ccc(OCC(=O)NN=Cc2ccc(-c3cc(Cl)ccc3Cl)o2)cc1. The third-order valence-corrected chi connectivity index (χ3v) is 5.20. The van der Waals surface area contributed by atoms with Crippen molar-refractivity contribution in [3.8, 4) is 17.1 Å². The number of carbonyl (C=O) groups is 1. The van der Waals surface area contributed by atoms with Crippen molar-refractivity contribution in [1.82, 2.24) is 5.43 Å². The molecule has 5 nitrogen and oxygen atoms in total. The average molecular weight is 445 g/mol. The summed E-state index contributed by atoms with van der Waals surface area (Å²) in [4.78, 5) is 11.9. The standard InChI is InChI=1S/C23H22Cl2N2O3/c1-3-15(2)16-4-7-18(8-5-16)29-14-23(28)27-26-13-19-9-11-22(30-19)20-12-17(24)6-10-21(20)25/h4-13,15H,3,14H2,1-2H3,(H,27,28). The Morgan fingerprint density at radius 3 is 2.67 bits per heavy atom. The molecule has 0 radical (unpaired) electrons. The number of benzene rings is 2. The van der Waals surface area contributed by atoms with E-state index in [0.29, 0.717) is 38.8 Å². The van der Waals surface area contributed by atoms with Gasteiger partial charge in [-0.05, 0) is 60.4 Å². The quantitative estimate of drug-likeness (QED) is 0.327. The Morgan fingerprint density at radius 1 is 1.17 bits per heavy atom. The molecule has 1 N–H and O–H groups in total. The summed E-state index contributed by atoms with van der Waals surface area (Å²) in [6.07, 6.45) is 2.48. The first-order valence-corrected chi connectivity index (χ1v) is 10.3. The third-order valence-electron chi connectivity index (χ3n) is 4.63. The van der Waals surface area contributed by atoms with Gasteiger partial charge < -0.3 is 9.15 Å². The van der Waals surface area contributed by atoms with Crippen LogP contribution in [0.5, 0.6) is 5.75 Å². The number of hydrazone groups is 1. The van der Waals surface area contributed by atoms with Crippen molar-refractivity contribution in [3.63, 3.8) is 0 Å². The summed E-state index contributed by atoms with van der Waals surface area (Å²) >= 11 is 12.2. The fourth-order valence-electron chi connectivity index (χ4n) is 2.73. The number of halogens is 2. The zero-order valence-corrected chi connectivity index (χ0v) is 18.2. The van der Waals surface area contributed by atoms with Gasteiger partial charge in [0.2, 0.25) is 0 Å². The number of nitrogens with zero attached hydrogens (tertiary/aromatic N) is 1. The number of nitrogens with one attached hydrogen (secondary N) is 1. The first kappa shape index (κ1) is 21.9. The normalized spacial score (nSPS) is 12.1. The first-order valence-electron chi connectivity index (χ1n) is 9.56. The van der Waals surface area contributed by atoms with E-state index in [2.05, 4.69) is 24.4 Å². The smallest absolute Gasteiger partial charge is 0.277 e. The predicted octanol–water partition coefficient (Wildman–Crippen LogP) is 6.30. The summed E-state index contributed by atoms with van der Waals surface area (Å²) in [7, 11) is 0. The maximum atomic E-state index is 11.9. The zero-order valence-electron chi connectivity index (χ0n) is 16.7. The van der Waals surface area contributed by atoms with Gasteiger partial charge in [-0.3, -0.25) is 4.79 Å². The summed E-state index contributed by atoms with van der Waals surface area (Å²) < 4.78 is 11.2. The third kappa shape index (κ3) is 5.88. The molecule has 1 unspecified atom stereocenters. The maximum absolute atomic E-state index is 11.9. The summed E-state index contributed by atoms with van der Waals surface area (Å²) in [5.74, 6) is 1.77. The molecular formula is C23H22Cl2N2O3. The van der Waals surface area contributed by atoms with Gasteiger partial charge in [0.05, 0.1) is 11.2 Å². The zero-order chi connectivity index (χ0) is 21.5. The highest BCUT2D eigenvalue weighted by atomic mass is 35.5. The van der Waals surface area contributed by atoms with E-state index in [9.17, 15) is 4.79 Å². The fraction of sp³-hybridized carbons (Fsp3) is 0.217. The molecule has 30 heavy (non-hydrogen) atoms. The van der Waals surface area contributed by atoms with E-state index in [1.807, 2.05) is 24.3 Å². The van der Waals surface area contributed by atoms with E-state index in [4.69, 9.17) is 32.4 Å². The lowest BCUT2D eigenvalue weighted by atomic mass is 9.99. The molecule has 0 aliphatic rings. The van der Waals surface area contributed by atoms with Crippen molar-refractivity contribution in [1.29, 1.82) is 0 Å². The van der Waals surface area contributed by atoms with Crippen molar-refractivity contribution in [2.45, 2.75) is 26.2 Å². The fourth-order valence-corrected chi connectivity index (χ4v) is 3.11. The van der Waals surface area contributed by atoms with Gasteiger partial charge in [0.15, 0.2) is 6.61 Å². The maximum Gasteiger partial charge on any atom is 0.277 e. The second-order valence-electron chi connectivity index (χ2n) is 6.79. The van der Waals surface area contributed by atoms with Crippen LogP contribution in [-0.2, 0) is 4.79 Å². The molecule has 0 saturated carbocycles. The Labute approximate surface area is 185 Å². The van der Waals surface area contributed by atoms with Crippen molar-refractivity contribution in [2.75, 3.05) is 6.61 Å². The lowest BCUT2D eigenvalue weighted by Gasteiger charge is -2.10. The Bertz CT molecular complexity index is 1030. The molecule has 0 bridgehead atoms. The van der Waals surface area contributed by atoms with E-state index >= 15 is 0 Å². The number of hydrogen-bond donors (Lipinski definition) is 1. The van der Waals surface area contributed by atoms with Crippen LogP contribution in [0, 0.1) is 0 Å². The molecule has 0 aliphatic carbocycles. The van der Waals surface area contributed by atoms with Crippen LogP contribution in [0.3, 0.4) is 0 Å². The van der Waals surface area contributed by atoms with E-state index in [0.717, 1.165) is 6.42 Å². The molecule has 156 valence electrons. The van der Waals surface area contributed by atoms with Crippen LogP contribution < -0.4 is 10.2 Å². The lowest BCUT2D eigenvalue weighted by Crippen LogP contribution is -2.24. The molecule has 1 aromatic heterocycles. The van der Waals surface area contributed by atoms with Crippen molar-refractivity contribution >= 4 is 35.3 Å².